The second-order valence-electron chi connectivity index (χ2n) is 5.55. The zero-order valence-electron chi connectivity index (χ0n) is 12.9. The highest BCUT2D eigenvalue weighted by Crippen LogP contribution is 2.17. The number of carbonyl (C=O) groups excluding carboxylic acids is 1. The van der Waals surface area contributed by atoms with Crippen molar-refractivity contribution in [1.82, 2.24) is 9.62 Å². The van der Waals surface area contributed by atoms with E-state index in [0.717, 1.165) is 6.42 Å². The van der Waals surface area contributed by atoms with Gasteiger partial charge in [-0.1, -0.05) is 12.1 Å². The minimum atomic E-state index is -3.66. The van der Waals surface area contributed by atoms with Crippen molar-refractivity contribution in [3.63, 3.8) is 0 Å². The summed E-state index contributed by atoms with van der Waals surface area (Å²) in [7, 11) is -3.66. The van der Waals surface area contributed by atoms with Gasteiger partial charge in [0.05, 0.1) is 11.0 Å². The summed E-state index contributed by atoms with van der Waals surface area (Å²) in [5.41, 5.74) is 0.336. The van der Waals surface area contributed by atoms with E-state index in [1.165, 1.54) is 18.2 Å². The van der Waals surface area contributed by atoms with E-state index in [-0.39, 0.29) is 23.5 Å². The molecule has 1 unspecified atom stereocenters. The molecule has 0 saturated carbocycles. The number of hydrogen-bond acceptors (Lipinski definition) is 4. The van der Waals surface area contributed by atoms with E-state index in [0.29, 0.717) is 31.5 Å². The van der Waals surface area contributed by atoms with Crippen molar-refractivity contribution in [2.24, 2.45) is 0 Å². The van der Waals surface area contributed by atoms with Gasteiger partial charge in [-0.15, -0.1) is 6.58 Å². The molecule has 126 valence electrons. The second-order valence-corrected chi connectivity index (χ2v) is 7.31. The molecule has 0 bridgehead atoms. The average molecular weight is 338 g/mol. The second kappa shape index (κ2) is 7.72. The highest BCUT2D eigenvalue weighted by Gasteiger charge is 2.22. The first kappa shape index (κ1) is 17.7. The molecular formula is C16H22N2O4S. The molecule has 7 heteroatoms. The van der Waals surface area contributed by atoms with Gasteiger partial charge in [-0.05, 0) is 37.5 Å². The number of benzene rings is 1. The minimum absolute atomic E-state index is 0.0556. The monoisotopic (exact) mass is 338 g/mol. The summed E-state index contributed by atoms with van der Waals surface area (Å²) < 4.78 is 26.6. The number of likely N-dealkylation sites (tertiary alicyclic amines) is 1. The summed E-state index contributed by atoms with van der Waals surface area (Å²) in [6.07, 6.45) is 3.05. The number of nitrogens with zero attached hydrogens (tertiary/aromatic N) is 1. The summed E-state index contributed by atoms with van der Waals surface area (Å²) in [4.78, 5) is 14.3. The van der Waals surface area contributed by atoms with Crippen LogP contribution in [0.25, 0.3) is 0 Å². The third-order valence-corrected chi connectivity index (χ3v) is 5.22. The third kappa shape index (κ3) is 4.63. The summed E-state index contributed by atoms with van der Waals surface area (Å²) in [6.45, 7) is 4.65. The predicted octanol–water partition coefficient (Wildman–Crippen LogP) is 1.14. The normalized spacial score (nSPS) is 19.2. The number of aliphatic hydroxyl groups is 1. The average Bonchev–Trinajstić information content (AvgIpc) is 2.77. The molecule has 1 aromatic carbocycles. The molecule has 2 rings (SSSR count). The van der Waals surface area contributed by atoms with E-state index in [4.69, 9.17) is 0 Å². The highest BCUT2D eigenvalue weighted by atomic mass is 32.2. The van der Waals surface area contributed by atoms with Crippen LogP contribution >= 0.6 is 0 Å². The minimum Gasteiger partial charge on any atom is -0.393 e. The maximum absolute atomic E-state index is 12.6. The van der Waals surface area contributed by atoms with E-state index in [1.54, 1.807) is 17.0 Å². The first-order valence-corrected chi connectivity index (χ1v) is 9.10. The number of carbonyl (C=O) groups is 1. The molecule has 0 spiro atoms. The number of rotatable bonds is 5. The number of hydrogen-bond donors (Lipinski definition) is 2. The first-order valence-electron chi connectivity index (χ1n) is 7.62. The Labute approximate surface area is 136 Å². The van der Waals surface area contributed by atoms with Crippen molar-refractivity contribution in [1.29, 1.82) is 0 Å². The Kier molecular flexibility index (Phi) is 5.92. The van der Waals surface area contributed by atoms with E-state index in [9.17, 15) is 18.3 Å². The lowest BCUT2D eigenvalue weighted by Gasteiger charge is -2.20. The topological polar surface area (TPSA) is 86.7 Å². The smallest absolute Gasteiger partial charge is 0.253 e. The van der Waals surface area contributed by atoms with Crippen molar-refractivity contribution in [2.75, 3.05) is 19.6 Å². The Morgan fingerprint density at radius 1 is 1.39 bits per heavy atom. The van der Waals surface area contributed by atoms with E-state index in [2.05, 4.69) is 11.3 Å². The SMILES string of the molecule is C=CCNS(=O)(=O)c1cccc(C(=O)N2CCCC(O)CC2)c1. The molecule has 1 fully saturated rings. The fourth-order valence-corrected chi connectivity index (χ4v) is 3.56. The van der Waals surface area contributed by atoms with Crippen LogP contribution in [0.5, 0.6) is 0 Å². The van der Waals surface area contributed by atoms with Gasteiger partial charge in [-0.3, -0.25) is 4.79 Å². The van der Waals surface area contributed by atoms with E-state index in [1.807, 2.05) is 0 Å². The van der Waals surface area contributed by atoms with Crippen LogP contribution in [0.4, 0.5) is 0 Å². The van der Waals surface area contributed by atoms with E-state index < -0.39 is 10.0 Å². The van der Waals surface area contributed by atoms with Gasteiger partial charge in [0.1, 0.15) is 0 Å². The molecule has 1 aromatic rings. The molecule has 1 heterocycles. The summed E-state index contributed by atoms with van der Waals surface area (Å²) in [6, 6.07) is 6.00. The van der Waals surface area contributed by atoms with Crippen molar-refractivity contribution in [3.8, 4) is 0 Å². The quantitative estimate of drug-likeness (QED) is 0.788. The Balaban J connectivity index is 2.18. The van der Waals surface area contributed by atoms with Gasteiger partial charge in [0.15, 0.2) is 0 Å². The predicted molar refractivity (Wildman–Crippen MR) is 87.6 cm³/mol. The van der Waals surface area contributed by atoms with Crippen LogP contribution in [0.2, 0.25) is 0 Å². The van der Waals surface area contributed by atoms with Crippen molar-refractivity contribution >= 4 is 15.9 Å². The van der Waals surface area contributed by atoms with Crippen molar-refractivity contribution < 1.29 is 18.3 Å². The van der Waals surface area contributed by atoms with Gasteiger partial charge in [0.25, 0.3) is 5.91 Å². The largest absolute Gasteiger partial charge is 0.393 e. The molecule has 1 amide bonds. The van der Waals surface area contributed by atoms with Gasteiger partial charge in [-0.2, -0.15) is 0 Å². The number of aliphatic hydroxyl groups excluding tert-OH is 1. The molecule has 6 nitrogen and oxygen atoms in total. The number of amides is 1. The fraction of sp³-hybridized carbons (Fsp3) is 0.438. The highest BCUT2D eigenvalue weighted by molar-refractivity contribution is 7.89. The molecule has 1 atom stereocenters. The summed E-state index contributed by atoms with van der Waals surface area (Å²) in [5.74, 6) is -0.208. The van der Waals surface area contributed by atoms with Gasteiger partial charge >= 0.3 is 0 Å². The van der Waals surface area contributed by atoms with Crippen LogP contribution in [-0.4, -0.2) is 50.1 Å². The van der Waals surface area contributed by atoms with Crippen LogP contribution in [0.1, 0.15) is 29.6 Å². The zero-order valence-corrected chi connectivity index (χ0v) is 13.8. The van der Waals surface area contributed by atoms with Crippen LogP contribution in [0, 0.1) is 0 Å². The maximum Gasteiger partial charge on any atom is 0.253 e. The Hall–Kier alpha value is -1.70. The summed E-state index contributed by atoms with van der Waals surface area (Å²) in [5, 5.41) is 9.66. The van der Waals surface area contributed by atoms with Crippen LogP contribution in [0.15, 0.2) is 41.8 Å². The van der Waals surface area contributed by atoms with Crippen LogP contribution < -0.4 is 4.72 Å². The maximum atomic E-state index is 12.6. The standard InChI is InChI=1S/C16H22N2O4S/c1-2-9-17-23(21,22)15-7-3-5-13(12-15)16(20)18-10-4-6-14(19)8-11-18/h2-3,5,7,12,14,17,19H,1,4,6,8-11H2. The molecular weight excluding hydrogens is 316 g/mol. The lowest BCUT2D eigenvalue weighted by molar-refractivity contribution is 0.0753. The molecule has 0 aromatic heterocycles. The molecule has 1 saturated heterocycles. The Morgan fingerprint density at radius 2 is 2.17 bits per heavy atom. The number of sulfonamides is 1. The molecule has 0 aliphatic carbocycles. The molecule has 1 aliphatic rings. The van der Waals surface area contributed by atoms with Crippen LogP contribution in [0.3, 0.4) is 0 Å². The van der Waals surface area contributed by atoms with Crippen molar-refractivity contribution in [2.45, 2.75) is 30.3 Å². The zero-order chi connectivity index (χ0) is 16.9. The van der Waals surface area contributed by atoms with Gasteiger partial charge in [0, 0.05) is 25.2 Å². The van der Waals surface area contributed by atoms with Gasteiger partial charge in [-0.25, -0.2) is 13.1 Å². The van der Waals surface area contributed by atoms with Gasteiger partial charge < -0.3 is 10.0 Å². The third-order valence-electron chi connectivity index (χ3n) is 3.79. The fourth-order valence-electron chi connectivity index (χ4n) is 2.51. The molecule has 23 heavy (non-hydrogen) atoms. The lowest BCUT2D eigenvalue weighted by Crippen LogP contribution is -2.32. The molecule has 2 N–H and O–H groups in total. The van der Waals surface area contributed by atoms with Crippen LogP contribution in [-0.2, 0) is 10.0 Å². The Morgan fingerprint density at radius 3 is 2.91 bits per heavy atom. The molecule has 0 radical (unpaired) electrons. The summed E-state index contributed by atoms with van der Waals surface area (Å²) >= 11 is 0. The van der Waals surface area contributed by atoms with Gasteiger partial charge in [0.2, 0.25) is 10.0 Å². The lowest BCUT2D eigenvalue weighted by atomic mass is 10.2. The van der Waals surface area contributed by atoms with Crippen molar-refractivity contribution in [3.05, 3.63) is 42.5 Å². The Bertz CT molecular complexity index is 672. The first-order chi connectivity index (χ1) is 10.9. The molecule has 1 aliphatic heterocycles. The van der Waals surface area contributed by atoms with E-state index >= 15 is 0 Å². The number of nitrogens with one attached hydrogen (secondary N) is 1.